The molecule has 1 fully saturated rings. The van der Waals surface area contributed by atoms with Crippen LogP contribution in [0.25, 0.3) is 0 Å². The van der Waals surface area contributed by atoms with Gasteiger partial charge in [-0.3, -0.25) is 14.4 Å². The zero-order valence-corrected chi connectivity index (χ0v) is 17.8. The molecular formula is C19H28Cl2FN5O. The van der Waals surface area contributed by atoms with Gasteiger partial charge in [0.2, 0.25) is 5.91 Å². The molecule has 1 aromatic heterocycles. The molecule has 0 spiro atoms. The largest absolute Gasteiger partial charge is 0.340 e. The summed E-state index contributed by atoms with van der Waals surface area (Å²) < 4.78 is 14.8. The molecule has 0 bridgehead atoms. The minimum atomic E-state index is -0.368. The standard InChI is InChI=1S/C19H26FN5O.2ClH/c1-21-18(16-12-22-23(2)14-16)19(26)25-9-3-8-24(10-11-25)13-15-4-6-17(20)7-5-15;;/h4-7,12,14,18,21H,3,8-11,13H2,1-2H3;2*1H. The van der Waals surface area contributed by atoms with E-state index in [-0.39, 0.29) is 42.6 Å². The third-order valence-electron chi connectivity index (χ3n) is 4.81. The maximum atomic E-state index is 13.1. The highest BCUT2D eigenvalue weighted by Crippen LogP contribution is 2.17. The van der Waals surface area contributed by atoms with Crippen molar-refractivity contribution < 1.29 is 9.18 Å². The number of carbonyl (C=O) groups excluding carboxylic acids is 1. The molecule has 156 valence electrons. The fourth-order valence-electron chi connectivity index (χ4n) is 3.40. The Morgan fingerprint density at radius 1 is 1.18 bits per heavy atom. The first-order valence-corrected chi connectivity index (χ1v) is 8.98. The van der Waals surface area contributed by atoms with Gasteiger partial charge in [0.1, 0.15) is 11.9 Å². The number of aromatic nitrogens is 2. The second-order valence-electron chi connectivity index (χ2n) is 6.75. The number of amides is 1. The zero-order chi connectivity index (χ0) is 18.5. The number of nitrogens with one attached hydrogen (secondary N) is 1. The zero-order valence-electron chi connectivity index (χ0n) is 16.2. The summed E-state index contributed by atoms with van der Waals surface area (Å²) in [5.74, 6) is -0.126. The molecule has 9 heteroatoms. The average Bonchev–Trinajstić information content (AvgIpc) is 2.92. The SMILES string of the molecule is CNC(C(=O)N1CCCN(Cc2ccc(F)cc2)CC1)c1cnn(C)c1.Cl.Cl. The molecule has 2 aromatic rings. The van der Waals surface area contributed by atoms with Crippen LogP contribution in [0.4, 0.5) is 4.39 Å². The number of rotatable bonds is 5. The second kappa shape index (κ2) is 11.4. The van der Waals surface area contributed by atoms with Crippen molar-refractivity contribution >= 4 is 30.7 Å². The van der Waals surface area contributed by atoms with E-state index in [1.54, 1.807) is 17.9 Å². The quantitative estimate of drug-likeness (QED) is 0.789. The van der Waals surface area contributed by atoms with Crippen LogP contribution >= 0.6 is 24.8 Å². The van der Waals surface area contributed by atoms with Crippen LogP contribution in [0.1, 0.15) is 23.6 Å². The van der Waals surface area contributed by atoms with Crippen LogP contribution in [0.15, 0.2) is 36.7 Å². The van der Waals surface area contributed by atoms with E-state index in [0.29, 0.717) is 6.54 Å². The number of likely N-dealkylation sites (N-methyl/N-ethyl adjacent to an activating group) is 1. The number of carbonyl (C=O) groups is 1. The molecule has 1 N–H and O–H groups in total. The highest BCUT2D eigenvalue weighted by Gasteiger charge is 2.27. The van der Waals surface area contributed by atoms with Crippen molar-refractivity contribution in [3.63, 3.8) is 0 Å². The second-order valence-corrected chi connectivity index (χ2v) is 6.75. The van der Waals surface area contributed by atoms with Crippen molar-refractivity contribution in [1.29, 1.82) is 0 Å². The van der Waals surface area contributed by atoms with E-state index in [4.69, 9.17) is 0 Å². The molecular weight excluding hydrogens is 404 g/mol. The Hall–Kier alpha value is -1.67. The molecule has 2 heterocycles. The van der Waals surface area contributed by atoms with Gasteiger partial charge >= 0.3 is 0 Å². The molecule has 0 radical (unpaired) electrons. The van der Waals surface area contributed by atoms with Gasteiger partial charge in [0.25, 0.3) is 0 Å². The van der Waals surface area contributed by atoms with Crippen LogP contribution < -0.4 is 5.32 Å². The molecule has 1 aromatic carbocycles. The normalized spacial score (nSPS) is 15.9. The lowest BCUT2D eigenvalue weighted by Crippen LogP contribution is -2.41. The van der Waals surface area contributed by atoms with Gasteiger partial charge in [-0.05, 0) is 31.2 Å². The third kappa shape index (κ3) is 6.17. The summed E-state index contributed by atoms with van der Waals surface area (Å²) in [4.78, 5) is 17.2. The first-order valence-electron chi connectivity index (χ1n) is 8.98. The van der Waals surface area contributed by atoms with Crippen molar-refractivity contribution in [2.45, 2.75) is 19.0 Å². The Kier molecular flexibility index (Phi) is 9.89. The van der Waals surface area contributed by atoms with Crippen LogP contribution in [0.3, 0.4) is 0 Å². The summed E-state index contributed by atoms with van der Waals surface area (Å²) in [6, 6.07) is 6.26. The Bertz CT molecular complexity index is 740. The molecule has 1 atom stereocenters. The number of aryl methyl sites for hydroxylation is 1. The van der Waals surface area contributed by atoms with E-state index in [1.807, 2.05) is 30.3 Å². The molecule has 1 unspecified atom stereocenters. The molecule has 28 heavy (non-hydrogen) atoms. The Balaban J connectivity index is 0.00000196. The lowest BCUT2D eigenvalue weighted by molar-refractivity contribution is -0.133. The van der Waals surface area contributed by atoms with Crippen LogP contribution in [0.2, 0.25) is 0 Å². The average molecular weight is 432 g/mol. The van der Waals surface area contributed by atoms with Gasteiger partial charge in [-0.2, -0.15) is 5.10 Å². The number of hydrogen-bond donors (Lipinski definition) is 1. The molecule has 3 rings (SSSR count). The van der Waals surface area contributed by atoms with Crippen LogP contribution in [0.5, 0.6) is 0 Å². The molecule has 1 aliphatic rings. The van der Waals surface area contributed by atoms with Gasteiger partial charge in [0.05, 0.1) is 6.20 Å². The van der Waals surface area contributed by atoms with Crippen LogP contribution in [-0.2, 0) is 18.4 Å². The van der Waals surface area contributed by atoms with Crippen LogP contribution in [-0.4, -0.2) is 58.7 Å². The predicted octanol–water partition coefficient (Wildman–Crippen LogP) is 2.40. The topological polar surface area (TPSA) is 53.4 Å². The number of halogens is 3. The van der Waals surface area contributed by atoms with Crippen molar-refractivity contribution in [1.82, 2.24) is 24.9 Å². The summed E-state index contributed by atoms with van der Waals surface area (Å²) in [7, 11) is 3.65. The molecule has 0 saturated carbocycles. The third-order valence-corrected chi connectivity index (χ3v) is 4.81. The highest BCUT2D eigenvalue weighted by molar-refractivity contribution is 5.85. The van der Waals surface area contributed by atoms with Crippen molar-refractivity contribution in [2.75, 3.05) is 33.2 Å². The molecule has 0 aliphatic carbocycles. The minimum Gasteiger partial charge on any atom is -0.340 e. The first-order chi connectivity index (χ1) is 12.6. The van der Waals surface area contributed by atoms with Crippen molar-refractivity contribution in [3.05, 3.63) is 53.6 Å². The van der Waals surface area contributed by atoms with Gasteiger partial charge in [-0.25, -0.2) is 4.39 Å². The van der Waals surface area contributed by atoms with E-state index >= 15 is 0 Å². The van der Waals surface area contributed by atoms with Gasteiger partial charge in [0, 0.05) is 51.5 Å². The van der Waals surface area contributed by atoms with E-state index < -0.39 is 0 Å². The predicted molar refractivity (Wildman–Crippen MR) is 112 cm³/mol. The highest BCUT2D eigenvalue weighted by atomic mass is 35.5. The monoisotopic (exact) mass is 431 g/mol. The number of benzene rings is 1. The lowest BCUT2D eigenvalue weighted by Gasteiger charge is -2.26. The molecule has 1 amide bonds. The van der Waals surface area contributed by atoms with Crippen molar-refractivity contribution in [2.24, 2.45) is 7.05 Å². The maximum Gasteiger partial charge on any atom is 0.244 e. The first kappa shape index (κ1) is 24.4. The smallest absolute Gasteiger partial charge is 0.244 e. The Morgan fingerprint density at radius 3 is 2.50 bits per heavy atom. The van der Waals surface area contributed by atoms with E-state index in [0.717, 1.165) is 43.7 Å². The molecule has 6 nitrogen and oxygen atoms in total. The van der Waals surface area contributed by atoms with Gasteiger partial charge in [-0.1, -0.05) is 12.1 Å². The minimum absolute atomic E-state index is 0. The van der Waals surface area contributed by atoms with Crippen LogP contribution in [0, 0.1) is 5.82 Å². The Labute approximate surface area is 177 Å². The summed E-state index contributed by atoms with van der Waals surface area (Å²) in [6.07, 6.45) is 4.53. The molecule has 1 saturated heterocycles. The number of nitrogens with zero attached hydrogens (tertiary/aromatic N) is 4. The van der Waals surface area contributed by atoms with Gasteiger partial charge in [-0.15, -0.1) is 24.8 Å². The van der Waals surface area contributed by atoms with Crippen molar-refractivity contribution in [3.8, 4) is 0 Å². The maximum absolute atomic E-state index is 13.1. The Morgan fingerprint density at radius 2 is 1.89 bits per heavy atom. The summed E-state index contributed by atoms with van der Waals surface area (Å²) in [6.45, 7) is 3.96. The van der Waals surface area contributed by atoms with Gasteiger partial charge < -0.3 is 10.2 Å². The summed E-state index contributed by atoms with van der Waals surface area (Å²) >= 11 is 0. The van der Waals surface area contributed by atoms with Gasteiger partial charge in [0.15, 0.2) is 0 Å². The lowest BCUT2D eigenvalue weighted by atomic mass is 10.1. The summed E-state index contributed by atoms with van der Waals surface area (Å²) in [5.41, 5.74) is 1.97. The fraction of sp³-hybridized carbons (Fsp3) is 0.474. The van der Waals surface area contributed by atoms with E-state index in [9.17, 15) is 9.18 Å². The summed E-state index contributed by atoms with van der Waals surface area (Å²) in [5, 5.41) is 7.28. The van der Waals surface area contributed by atoms with E-state index in [2.05, 4.69) is 15.3 Å². The molecule has 1 aliphatic heterocycles. The van der Waals surface area contributed by atoms with E-state index in [1.165, 1.54) is 12.1 Å². The fourth-order valence-corrected chi connectivity index (χ4v) is 3.40. The number of hydrogen-bond acceptors (Lipinski definition) is 4.